The minimum Gasteiger partial charge on any atom is -0.549 e. The van der Waals surface area contributed by atoms with Crippen LogP contribution in [0.2, 0.25) is 0 Å². The summed E-state index contributed by atoms with van der Waals surface area (Å²) in [5.41, 5.74) is -1.84. The fourth-order valence-electron chi connectivity index (χ4n) is 1.50. The van der Waals surface area contributed by atoms with Gasteiger partial charge >= 0.3 is 70.2 Å². The second-order valence-electron chi connectivity index (χ2n) is 3.80. The molecule has 0 heterocycles. The molecule has 0 radical (unpaired) electrons. The van der Waals surface area contributed by atoms with Crippen molar-refractivity contribution in [2.75, 3.05) is 0 Å². The van der Waals surface area contributed by atoms with Gasteiger partial charge in [-0.05, 0) is 12.3 Å². The van der Waals surface area contributed by atoms with Gasteiger partial charge in [-0.2, -0.15) is 0 Å². The molecule has 0 unspecified atom stereocenters. The molecule has 0 aliphatic rings. The van der Waals surface area contributed by atoms with E-state index >= 15 is 0 Å². The summed E-state index contributed by atoms with van der Waals surface area (Å²) in [6.45, 7) is 4.98. The smallest absolute Gasteiger partial charge is 0.549 e. The maximum atomic E-state index is 10.9. The molecule has 0 aliphatic carbocycles. The predicted octanol–water partition coefficient (Wildman–Crippen LogP) is -6.67. The molecule has 0 aliphatic heterocycles. The van der Waals surface area contributed by atoms with E-state index < -0.39 is 23.3 Å². The van der Waals surface area contributed by atoms with Gasteiger partial charge in [-0.3, -0.25) is 0 Å². The number of hydrogen-bond acceptors (Lipinski definition) is 4. The van der Waals surface area contributed by atoms with Gasteiger partial charge in [-0.1, -0.05) is 33.6 Å². The number of carboxylic acids is 2. The van der Waals surface area contributed by atoms with E-state index in [2.05, 4.69) is 0 Å². The Bertz CT molecular complexity index is 217. The third kappa shape index (κ3) is 5.22. The SMILES string of the molecule is CCCCC(C(=O)[O-])(C(=O)[O-])C(C)C.[K+].[Li+]. The van der Waals surface area contributed by atoms with Crippen LogP contribution in [-0.4, -0.2) is 11.9 Å². The molecule has 0 aromatic rings. The number of aliphatic carboxylic acids is 2. The summed E-state index contributed by atoms with van der Waals surface area (Å²) in [5.74, 6) is -3.61. The van der Waals surface area contributed by atoms with E-state index in [1.165, 1.54) is 0 Å². The van der Waals surface area contributed by atoms with Gasteiger partial charge in [0.15, 0.2) is 0 Å². The zero-order chi connectivity index (χ0) is 11.4. The van der Waals surface area contributed by atoms with E-state index in [0.29, 0.717) is 6.42 Å². The second kappa shape index (κ2) is 10.1. The summed E-state index contributed by atoms with van der Waals surface area (Å²) in [6.07, 6.45) is 1.36. The quantitative estimate of drug-likeness (QED) is 0.345. The molecule has 6 heteroatoms. The van der Waals surface area contributed by atoms with Gasteiger partial charge in [0.05, 0.1) is 17.4 Å². The molecule has 0 fully saturated rings. The molecule has 0 atom stereocenters. The van der Waals surface area contributed by atoms with Gasteiger partial charge in [0.2, 0.25) is 0 Å². The van der Waals surface area contributed by atoms with E-state index in [4.69, 9.17) is 0 Å². The minimum atomic E-state index is -1.84. The van der Waals surface area contributed by atoms with E-state index in [9.17, 15) is 19.8 Å². The monoisotopic (exact) mass is 246 g/mol. The number of hydrogen-bond donors (Lipinski definition) is 0. The van der Waals surface area contributed by atoms with Crippen LogP contribution in [0.4, 0.5) is 0 Å². The van der Waals surface area contributed by atoms with Gasteiger partial charge in [-0.15, -0.1) is 0 Å². The van der Waals surface area contributed by atoms with Crippen molar-refractivity contribution in [2.45, 2.75) is 40.0 Å². The van der Waals surface area contributed by atoms with Crippen LogP contribution in [0, 0.1) is 11.3 Å². The fourth-order valence-corrected chi connectivity index (χ4v) is 1.50. The Morgan fingerprint density at radius 2 is 1.56 bits per heavy atom. The molecule has 0 bridgehead atoms. The summed E-state index contributed by atoms with van der Waals surface area (Å²) in [7, 11) is 0. The third-order valence-electron chi connectivity index (χ3n) is 2.64. The molecule has 0 saturated heterocycles. The maximum Gasteiger partial charge on any atom is 1.00 e. The van der Waals surface area contributed by atoms with Crippen LogP contribution < -0.4 is 80.5 Å². The van der Waals surface area contributed by atoms with Crippen molar-refractivity contribution in [1.82, 2.24) is 0 Å². The van der Waals surface area contributed by atoms with Gasteiger partial charge in [0.25, 0.3) is 0 Å². The van der Waals surface area contributed by atoms with Crippen molar-refractivity contribution in [3.63, 3.8) is 0 Å². The van der Waals surface area contributed by atoms with Gasteiger partial charge in [0, 0.05) is 0 Å². The molecular formula is C10H16KLiO4. The second-order valence-corrected chi connectivity index (χ2v) is 3.80. The summed E-state index contributed by atoms with van der Waals surface area (Å²) in [4.78, 5) is 21.8. The van der Waals surface area contributed by atoms with Crippen LogP contribution in [0.25, 0.3) is 0 Å². The van der Waals surface area contributed by atoms with Gasteiger partial charge < -0.3 is 19.8 Å². The van der Waals surface area contributed by atoms with Crippen molar-refractivity contribution < 1.29 is 90.0 Å². The number of unbranched alkanes of at least 4 members (excludes halogenated alkanes) is 1. The van der Waals surface area contributed by atoms with E-state index in [0.717, 1.165) is 6.42 Å². The molecule has 0 saturated carbocycles. The van der Waals surface area contributed by atoms with Gasteiger partial charge in [0.1, 0.15) is 0 Å². The average Bonchev–Trinajstić information content (AvgIpc) is 2.03. The van der Waals surface area contributed by atoms with Crippen molar-refractivity contribution in [2.24, 2.45) is 11.3 Å². The molecule has 0 spiro atoms. The minimum absolute atomic E-state index is 0. The Labute approximate surface area is 151 Å². The van der Waals surface area contributed by atoms with Gasteiger partial charge in [-0.25, -0.2) is 0 Å². The fraction of sp³-hybridized carbons (Fsp3) is 0.800. The number of carbonyl (C=O) groups is 2. The summed E-state index contributed by atoms with van der Waals surface area (Å²) in [6, 6.07) is 0. The topological polar surface area (TPSA) is 80.3 Å². The van der Waals surface area contributed by atoms with Crippen molar-refractivity contribution in [3.8, 4) is 0 Å². The van der Waals surface area contributed by atoms with Crippen LogP contribution >= 0.6 is 0 Å². The number of carbonyl (C=O) groups excluding carboxylic acids is 2. The number of rotatable bonds is 6. The molecule has 0 aromatic carbocycles. The van der Waals surface area contributed by atoms with Crippen molar-refractivity contribution in [3.05, 3.63) is 0 Å². The summed E-state index contributed by atoms with van der Waals surface area (Å²) >= 11 is 0. The van der Waals surface area contributed by atoms with Crippen LogP contribution in [-0.2, 0) is 9.59 Å². The standard InChI is InChI=1S/C10H18O4.K.Li/c1-4-5-6-10(7(2)3,8(11)12)9(13)14;;/h7H,4-6H2,1-3H3,(H,11,12)(H,13,14);;/q;2*+1/p-2. The normalized spacial score (nSPS) is 10.2. The van der Waals surface area contributed by atoms with E-state index in [1.807, 2.05) is 6.92 Å². The summed E-state index contributed by atoms with van der Waals surface area (Å²) in [5, 5.41) is 21.8. The van der Waals surface area contributed by atoms with Crippen LogP contribution in [0.5, 0.6) is 0 Å². The first kappa shape index (κ1) is 22.4. The van der Waals surface area contributed by atoms with E-state index in [-0.39, 0.29) is 76.7 Å². The van der Waals surface area contributed by atoms with Crippen LogP contribution in [0.1, 0.15) is 40.0 Å². The first-order valence-electron chi connectivity index (χ1n) is 4.82. The molecule has 0 N–H and O–H groups in total. The zero-order valence-corrected chi connectivity index (χ0v) is 14.0. The molecule has 16 heavy (non-hydrogen) atoms. The molecule has 0 rings (SSSR count). The Hall–Kier alpha value is 1.17. The van der Waals surface area contributed by atoms with Crippen molar-refractivity contribution >= 4 is 11.9 Å². The zero-order valence-electron chi connectivity index (χ0n) is 10.8. The number of carboxylic acid groups (broad SMARTS) is 2. The Kier molecular flexibility index (Phi) is 14.2. The largest absolute Gasteiger partial charge is 1.00 e. The first-order chi connectivity index (χ1) is 6.39. The predicted molar refractivity (Wildman–Crippen MR) is 46.8 cm³/mol. The Balaban J connectivity index is -0.000000845. The van der Waals surface area contributed by atoms with Crippen molar-refractivity contribution in [1.29, 1.82) is 0 Å². The third-order valence-corrected chi connectivity index (χ3v) is 2.64. The van der Waals surface area contributed by atoms with Crippen LogP contribution in [0.3, 0.4) is 0 Å². The molecular weight excluding hydrogens is 230 g/mol. The maximum absolute atomic E-state index is 10.9. The average molecular weight is 246 g/mol. The van der Waals surface area contributed by atoms with Crippen LogP contribution in [0.15, 0.2) is 0 Å². The molecule has 4 nitrogen and oxygen atoms in total. The molecule has 0 aromatic heterocycles. The summed E-state index contributed by atoms with van der Waals surface area (Å²) < 4.78 is 0. The molecule has 0 amide bonds. The Morgan fingerprint density at radius 3 is 1.75 bits per heavy atom. The first-order valence-corrected chi connectivity index (χ1v) is 4.82. The molecule has 82 valence electrons. The van der Waals surface area contributed by atoms with E-state index in [1.54, 1.807) is 13.8 Å². The Morgan fingerprint density at radius 1 is 1.19 bits per heavy atom.